The van der Waals surface area contributed by atoms with E-state index in [9.17, 15) is 13.6 Å². The molecule has 7 heteroatoms. The molecule has 0 aliphatic carbocycles. The number of rotatable bonds is 5. The predicted molar refractivity (Wildman–Crippen MR) is 64.3 cm³/mol. The summed E-state index contributed by atoms with van der Waals surface area (Å²) in [5.74, 6) is -0.492. The second-order valence-electron chi connectivity index (χ2n) is 3.49. The van der Waals surface area contributed by atoms with E-state index in [4.69, 9.17) is 5.73 Å². The second-order valence-corrected chi connectivity index (χ2v) is 4.40. The van der Waals surface area contributed by atoms with Crippen molar-refractivity contribution in [1.29, 1.82) is 0 Å². The lowest BCUT2D eigenvalue weighted by molar-refractivity contribution is -0.141. The van der Waals surface area contributed by atoms with Gasteiger partial charge >= 0.3 is 12.6 Å². The number of carbonyl (C=O) groups excluding carboxylic acids is 1. The van der Waals surface area contributed by atoms with Crippen LogP contribution in [-0.2, 0) is 9.53 Å². The molecule has 0 spiro atoms. The summed E-state index contributed by atoms with van der Waals surface area (Å²) in [6.45, 7) is -2.91. The number of hydrogen-bond donors (Lipinski definition) is 1. The number of nitrogens with two attached hydrogens (primary N) is 1. The molecule has 0 aliphatic rings. The highest BCUT2D eigenvalue weighted by Gasteiger charge is 2.14. The Balaban J connectivity index is 2.87. The van der Waals surface area contributed by atoms with Gasteiger partial charge in [-0.1, -0.05) is 15.9 Å². The maximum atomic E-state index is 12.1. The van der Waals surface area contributed by atoms with Crippen LogP contribution in [0.3, 0.4) is 0 Å². The molecule has 4 nitrogen and oxygen atoms in total. The average Bonchev–Trinajstić information content (AvgIpc) is 2.26. The SMILES string of the molecule is COC(=O)C[C@H](N)c1cc(Br)cc(OC(F)F)c1. The van der Waals surface area contributed by atoms with Crippen LogP contribution in [0.1, 0.15) is 18.0 Å². The summed E-state index contributed by atoms with van der Waals surface area (Å²) in [5, 5.41) is 0. The fraction of sp³-hybridized carbons (Fsp3) is 0.364. The van der Waals surface area contributed by atoms with Crippen molar-refractivity contribution in [2.75, 3.05) is 7.11 Å². The second kappa shape index (κ2) is 6.65. The molecular weight excluding hydrogens is 312 g/mol. The van der Waals surface area contributed by atoms with E-state index in [2.05, 4.69) is 25.4 Å². The highest BCUT2D eigenvalue weighted by molar-refractivity contribution is 9.10. The van der Waals surface area contributed by atoms with E-state index in [1.807, 2.05) is 0 Å². The van der Waals surface area contributed by atoms with Crippen LogP contribution in [0.4, 0.5) is 8.78 Å². The van der Waals surface area contributed by atoms with Crippen LogP contribution < -0.4 is 10.5 Å². The minimum absolute atomic E-state index is 0.0188. The van der Waals surface area contributed by atoms with E-state index in [0.29, 0.717) is 10.0 Å². The predicted octanol–water partition coefficient (Wildman–Crippen LogP) is 2.61. The van der Waals surface area contributed by atoms with Gasteiger partial charge in [-0.05, 0) is 23.8 Å². The zero-order valence-electron chi connectivity index (χ0n) is 9.53. The lowest BCUT2D eigenvalue weighted by Crippen LogP contribution is -2.16. The minimum atomic E-state index is -2.91. The van der Waals surface area contributed by atoms with Crippen molar-refractivity contribution in [2.45, 2.75) is 19.1 Å². The number of methoxy groups -OCH3 is 1. The molecule has 1 atom stereocenters. The number of hydrogen-bond acceptors (Lipinski definition) is 4. The summed E-state index contributed by atoms with van der Waals surface area (Å²) >= 11 is 3.16. The van der Waals surface area contributed by atoms with Gasteiger partial charge in [0.25, 0.3) is 0 Å². The smallest absolute Gasteiger partial charge is 0.387 e. The molecule has 0 heterocycles. The third-order valence-corrected chi connectivity index (χ3v) is 2.62. The first-order chi connectivity index (χ1) is 8.42. The van der Waals surface area contributed by atoms with E-state index in [1.54, 1.807) is 6.07 Å². The molecule has 1 aromatic rings. The first-order valence-electron chi connectivity index (χ1n) is 5.00. The van der Waals surface area contributed by atoms with Crippen molar-refractivity contribution in [3.05, 3.63) is 28.2 Å². The van der Waals surface area contributed by atoms with E-state index in [0.717, 1.165) is 0 Å². The lowest BCUT2D eigenvalue weighted by Gasteiger charge is -2.13. The van der Waals surface area contributed by atoms with Gasteiger partial charge in [-0.15, -0.1) is 0 Å². The van der Waals surface area contributed by atoms with Crippen molar-refractivity contribution < 1.29 is 23.0 Å². The van der Waals surface area contributed by atoms with E-state index in [-0.39, 0.29) is 12.2 Å². The number of alkyl halides is 2. The molecule has 0 saturated heterocycles. The molecule has 0 radical (unpaired) electrons. The Labute approximate surface area is 111 Å². The highest BCUT2D eigenvalue weighted by atomic mass is 79.9. The Kier molecular flexibility index (Phi) is 5.49. The quantitative estimate of drug-likeness (QED) is 0.846. The van der Waals surface area contributed by atoms with Crippen LogP contribution >= 0.6 is 15.9 Å². The van der Waals surface area contributed by atoms with Crippen molar-refractivity contribution >= 4 is 21.9 Å². The number of ether oxygens (including phenoxy) is 2. The van der Waals surface area contributed by atoms with Crippen LogP contribution in [-0.4, -0.2) is 19.7 Å². The molecule has 0 bridgehead atoms. The van der Waals surface area contributed by atoms with Crippen LogP contribution in [0.15, 0.2) is 22.7 Å². The average molecular weight is 324 g/mol. The molecule has 2 N–H and O–H groups in total. The first kappa shape index (κ1) is 14.8. The monoisotopic (exact) mass is 323 g/mol. The van der Waals surface area contributed by atoms with Crippen LogP contribution in [0.5, 0.6) is 5.75 Å². The molecule has 0 aromatic heterocycles. The van der Waals surface area contributed by atoms with Crippen molar-refractivity contribution in [2.24, 2.45) is 5.73 Å². The fourth-order valence-corrected chi connectivity index (χ4v) is 1.84. The third kappa shape index (κ3) is 4.58. The Morgan fingerprint density at radius 3 is 2.67 bits per heavy atom. The highest BCUT2D eigenvalue weighted by Crippen LogP contribution is 2.27. The summed E-state index contributed by atoms with van der Waals surface area (Å²) in [6, 6.07) is 3.74. The topological polar surface area (TPSA) is 61.5 Å². The van der Waals surface area contributed by atoms with Gasteiger partial charge in [-0.3, -0.25) is 4.79 Å². The molecule has 0 fully saturated rings. The van der Waals surface area contributed by atoms with E-state index >= 15 is 0 Å². The fourth-order valence-electron chi connectivity index (χ4n) is 1.35. The van der Waals surface area contributed by atoms with Crippen LogP contribution in [0, 0.1) is 0 Å². The van der Waals surface area contributed by atoms with Gasteiger partial charge in [-0.2, -0.15) is 8.78 Å². The molecule has 100 valence electrons. The Bertz CT molecular complexity index is 429. The number of esters is 1. The van der Waals surface area contributed by atoms with Crippen molar-refractivity contribution in [1.82, 2.24) is 0 Å². The number of halogens is 3. The van der Waals surface area contributed by atoms with Crippen molar-refractivity contribution in [3.8, 4) is 5.75 Å². The zero-order chi connectivity index (χ0) is 13.7. The maximum Gasteiger partial charge on any atom is 0.387 e. The molecule has 0 amide bonds. The standard InChI is InChI=1S/C11H12BrF2NO3/c1-17-10(16)5-9(15)6-2-7(12)4-8(3-6)18-11(13)14/h2-4,9,11H,5,15H2,1H3/t9-/m0/s1. The van der Waals surface area contributed by atoms with Crippen LogP contribution in [0.2, 0.25) is 0 Å². The summed E-state index contributed by atoms with van der Waals surface area (Å²) in [4.78, 5) is 11.1. The Hall–Kier alpha value is -1.21. The lowest BCUT2D eigenvalue weighted by atomic mass is 10.0. The van der Waals surface area contributed by atoms with Gasteiger partial charge in [0.2, 0.25) is 0 Å². The summed E-state index contributed by atoms with van der Waals surface area (Å²) < 4.78 is 33.5. The van der Waals surface area contributed by atoms with Gasteiger partial charge in [0.05, 0.1) is 13.5 Å². The first-order valence-corrected chi connectivity index (χ1v) is 5.79. The molecule has 0 saturated carbocycles. The van der Waals surface area contributed by atoms with Gasteiger partial charge < -0.3 is 15.2 Å². The third-order valence-electron chi connectivity index (χ3n) is 2.16. The van der Waals surface area contributed by atoms with E-state index in [1.165, 1.54) is 19.2 Å². The largest absolute Gasteiger partial charge is 0.469 e. The molecule has 1 aromatic carbocycles. The van der Waals surface area contributed by atoms with Crippen molar-refractivity contribution in [3.63, 3.8) is 0 Å². The van der Waals surface area contributed by atoms with Gasteiger partial charge in [-0.25, -0.2) is 0 Å². The van der Waals surface area contributed by atoms with Crippen LogP contribution in [0.25, 0.3) is 0 Å². The molecular formula is C11H12BrF2NO3. The van der Waals surface area contributed by atoms with Gasteiger partial charge in [0, 0.05) is 10.5 Å². The summed E-state index contributed by atoms with van der Waals surface area (Å²) in [6.07, 6.45) is -0.0406. The number of benzene rings is 1. The molecule has 0 aliphatic heterocycles. The van der Waals surface area contributed by atoms with Gasteiger partial charge in [0.1, 0.15) is 5.75 Å². The molecule has 0 unspecified atom stereocenters. The molecule has 18 heavy (non-hydrogen) atoms. The summed E-state index contributed by atoms with van der Waals surface area (Å²) in [7, 11) is 1.25. The Morgan fingerprint density at radius 1 is 1.44 bits per heavy atom. The summed E-state index contributed by atoms with van der Waals surface area (Å²) in [5.41, 5.74) is 6.28. The minimum Gasteiger partial charge on any atom is -0.469 e. The molecule has 1 rings (SSSR count). The Morgan fingerprint density at radius 2 is 2.11 bits per heavy atom. The normalized spacial score (nSPS) is 12.3. The van der Waals surface area contributed by atoms with E-state index < -0.39 is 18.6 Å². The maximum absolute atomic E-state index is 12.1. The number of carbonyl (C=O) groups is 1. The zero-order valence-corrected chi connectivity index (χ0v) is 11.1. The van der Waals surface area contributed by atoms with Gasteiger partial charge in [0.15, 0.2) is 0 Å².